The molecule has 0 bridgehead atoms. The summed E-state index contributed by atoms with van der Waals surface area (Å²) in [6.45, 7) is 4.94. The number of aliphatic hydroxyl groups is 1. The van der Waals surface area contributed by atoms with E-state index in [1.54, 1.807) is 6.08 Å². The number of allylic oxidation sites excluding steroid dienone is 1. The van der Waals surface area contributed by atoms with Crippen molar-refractivity contribution in [3.8, 4) is 5.75 Å². The quantitative estimate of drug-likeness (QED) is 0.0257. The third kappa shape index (κ3) is 26.4. The SMILES string of the molecule is CCCCCCCCCCCCCC=C[C@@H](O)[C@H](COP(=O)(O)OCC[N+](C)(C)CCOc1ccc(C2(C(F)(F)F)N=N2)cc1)NC(=O)CCCCCCCCCCCCCCC. The van der Waals surface area contributed by atoms with E-state index in [2.05, 4.69) is 29.4 Å². The van der Waals surface area contributed by atoms with Crippen molar-refractivity contribution in [1.82, 2.24) is 5.32 Å². The van der Waals surface area contributed by atoms with Crippen LogP contribution in [0.3, 0.4) is 0 Å². The van der Waals surface area contributed by atoms with Crippen molar-refractivity contribution in [2.24, 2.45) is 10.2 Å². The number of quaternary nitrogens is 1. The van der Waals surface area contributed by atoms with Gasteiger partial charge in [-0.05, 0) is 31.4 Å². The maximum Gasteiger partial charge on any atom is 0.472 e. The van der Waals surface area contributed by atoms with E-state index >= 15 is 0 Å². The van der Waals surface area contributed by atoms with Crippen LogP contribution < -0.4 is 10.1 Å². The van der Waals surface area contributed by atoms with Crippen LogP contribution in [0.25, 0.3) is 0 Å². The van der Waals surface area contributed by atoms with Crippen LogP contribution in [-0.4, -0.2) is 85.7 Å². The van der Waals surface area contributed by atoms with Crippen molar-refractivity contribution in [2.45, 2.75) is 205 Å². The number of ether oxygens (including phenoxy) is 1. The number of phosphoric ester groups is 1. The summed E-state index contributed by atoms with van der Waals surface area (Å²) in [6, 6.07) is 4.53. The van der Waals surface area contributed by atoms with Crippen LogP contribution in [0.5, 0.6) is 5.75 Å². The number of benzene rings is 1. The molecule has 1 amide bonds. The summed E-state index contributed by atoms with van der Waals surface area (Å²) in [5.41, 5.74) is -2.56. The number of alkyl halides is 3. The first-order valence-electron chi connectivity index (χ1n) is 24.5. The molecule has 1 aliphatic rings. The second-order valence-corrected chi connectivity index (χ2v) is 19.6. The van der Waals surface area contributed by atoms with E-state index in [1.807, 2.05) is 20.2 Å². The Balaban J connectivity index is 1.77. The standard InChI is InChI=1S/C48H84F3N4O7P/c1-5-7-9-11-13-15-17-19-21-23-25-27-29-31-45(56)44(52-46(57)32-30-28-26-24-22-20-18-16-14-12-10-8-6-2)41-62-63(58,59)61-40-38-55(3,4)37-39-60-43-35-33-42(34-36-43)47(53-54-47)48(49,50)51/h29,31,33-36,44-45,56H,5-28,30,32,37-41H2,1-4H3,(H-,52,57,58,59)/p+1/t44-,45+/m0/s1. The number of nitrogens with one attached hydrogen (secondary N) is 1. The number of carbonyl (C=O) groups excluding carboxylic acids is 1. The van der Waals surface area contributed by atoms with E-state index < -0.39 is 38.4 Å². The minimum absolute atomic E-state index is 0.0780. The lowest BCUT2D eigenvalue weighted by Crippen LogP contribution is -2.46. The predicted molar refractivity (Wildman–Crippen MR) is 247 cm³/mol. The number of aliphatic hydroxyl groups excluding tert-OH is 1. The number of carbonyl (C=O) groups is 1. The number of likely N-dealkylation sites (N-methyl/N-ethyl adjacent to an activating group) is 1. The van der Waals surface area contributed by atoms with Gasteiger partial charge < -0.3 is 24.5 Å². The molecule has 3 atom stereocenters. The van der Waals surface area contributed by atoms with Crippen molar-refractivity contribution in [3.63, 3.8) is 0 Å². The molecule has 0 radical (unpaired) electrons. The van der Waals surface area contributed by atoms with Gasteiger partial charge >= 0.3 is 19.7 Å². The fourth-order valence-electron chi connectivity index (χ4n) is 7.47. The normalized spacial score (nSPS) is 15.7. The maximum absolute atomic E-state index is 13.3. The van der Waals surface area contributed by atoms with Crippen molar-refractivity contribution in [2.75, 3.05) is 47.0 Å². The third-order valence-electron chi connectivity index (χ3n) is 11.9. The summed E-state index contributed by atoms with van der Waals surface area (Å²) in [5.74, 6) is 0.146. The van der Waals surface area contributed by atoms with Gasteiger partial charge in [-0.3, -0.25) is 13.8 Å². The van der Waals surface area contributed by atoms with Crippen molar-refractivity contribution >= 4 is 13.7 Å². The Hall–Kier alpha value is -2.35. The lowest BCUT2D eigenvalue weighted by Gasteiger charge is -2.30. The van der Waals surface area contributed by atoms with Gasteiger partial charge in [0.05, 0.1) is 32.8 Å². The Morgan fingerprint density at radius 3 is 1.68 bits per heavy atom. The van der Waals surface area contributed by atoms with Crippen molar-refractivity contribution < 1.29 is 50.8 Å². The van der Waals surface area contributed by atoms with Crippen molar-refractivity contribution in [3.05, 3.63) is 42.0 Å². The molecule has 0 fully saturated rings. The largest absolute Gasteiger partial charge is 0.488 e. The van der Waals surface area contributed by atoms with Gasteiger partial charge in [-0.2, -0.15) is 13.2 Å². The fraction of sp³-hybridized carbons (Fsp3) is 0.812. The lowest BCUT2D eigenvalue weighted by atomic mass is 10.0. The van der Waals surface area contributed by atoms with E-state index in [-0.39, 0.29) is 24.7 Å². The molecule has 63 heavy (non-hydrogen) atoms. The molecule has 364 valence electrons. The zero-order valence-corrected chi connectivity index (χ0v) is 40.3. The highest BCUT2D eigenvalue weighted by Crippen LogP contribution is 2.52. The Morgan fingerprint density at radius 2 is 1.21 bits per heavy atom. The Kier molecular flexibility index (Phi) is 29.1. The van der Waals surface area contributed by atoms with E-state index in [0.29, 0.717) is 29.7 Å². The molecule has 2 rings (SSSR count). The zero-order valence-electron chi connectivity index (χ0n) is 39.4. The number of unbranched alkanes of at least 4 members (excludes halogenated alkanes) is 23. The van der Waals surface area contributed by atoms with E-state index in [4.69, 9.17) is 13.8 Å². The number of phosphoric acid groups is 1. The Bertz CT molecular complexity index is 1440. The molecular formula is C48H85F3N4O7P+. The molecule has 1 aliphatic heterocycles. The van der Waals surface area contributed by atoms with Gasteiger partial charge in [-0.15, -0.1) is 10.2 Å². The number of amides is 1. The van der Waals surface area contributed by atoms with Gasteiger partial charge in [-0.1, -0.05) is 179 Å². The molecule has 0 aliphatic carbocycles. The number of halogens is 3. The summed E-state index contributed by atoms with van der Waals surface area (Å²) in [7, 11) is -0.791. The summed E-state index contributed by atoms with van der Waals surface area (Å²) in [6.07, 6.45) is 28.3. The molecular weight excluding hydrogens is 833 g/mol. The van der Waals surface area contributed by atoms with Crippen LogP contribution in [0, 0.1) is 0 Å². The lowest BCUT2D eigenvalue weighted by molar-refractivity contribution is -0.890. The van der Waals surface area contributed by atoms with Crippen LogP contribution in [-0.2, 0) is 24.1 Å². The van der Waals surface area contributed by atoms with Gasteiger partial charge in [0.15, 0.2) is 0 Å². The zero-order chi connectivity index (χ0) is 46.3. The number of hydrogen-bond acceptors (Lipinski definition) is 8. The molecule has 0 spiro atoms. The van der Waals surface area contributed by atoms with Crippen LogP contribution in [0.1, 0.15) is 186 Å². The molecule has 1 aromatic rings. The minimum atomic E-state index is -4.60. The highest BCUT2D eigenvalue weighted by atomic mass is 31.2. The molecule has 1 aromatic carbocycles. The summed E-state index contributed by atoms with van der Waals surface area (Å²) < 4.78 is 69.5. The maximum atomic E-state index is 13.3. The highest BCUT2D eigenvalue weighted by Gasteiger charge is 2.65. The first-order chi connectivity index (χ1) is 30.1. The van der Waals surface area contributed by atoms with Gasteiger partial charge in [0, 0.05) is 12.0 Å². The smallest absolute Gasteiger partial charge is 0.472 e. The van der Waals surface area contributed by atoms with E-state index in [9.17, 15) is 32.5 Å². The summed E-state index contributed by atoms with van der Waals surface area (Å²) >= 11 is 0. The second kappa shape index (κ2) is 32.3. The molecule has 1 heterocycles. The van der Waals surface area contributed by atoms with E-state index in [1.165, 1.54) is 140 Å². The molecule has 0 saturated heterocycles. The van der Waals surface area contributed by atoms with Crippen LogP contribution in [0.4, 0.5) is 13.2 Å². The minimum Gasteiger partial charge on any atom is -0.488 e. The fourth-order valence-corrected chi connectivity index (χ4v) is 8.20. The molecule has 1 unspecified atom stereocenters. The van der Waals surface area contributed by atoms with Crippen LogP contribution in [0.2, 0.25) is 0 Å². The summed E-state index contributed by atoms with van der Waals surface area (Å²) in [4.78, 5) is 23.6. The predicted octanol–water partition coefficient (Wildman–Crippen LogP) is 13.0. The Morgan fingerprint density at radius 1 is 0.746 bits per heavy atom. The average Bonchev–Trinajstić information content (AvgIpc) is 4.06. The topological polar surface area (TPSA) is 139 Å². The summed E-state index contributed by atoms with van der Waals surface area (Å²) in [5, 5.41) is 20.4. The molecule has 15 heteroatoms. The molecule has 3 N–H and O–H groups in total. The van der Waals surface area contributed by atoms with Crippen LogP contribution in [0.15, 0.2) is 46.6 Å². The molecule has 0 aromatic heterocycles. The van der Waals surface area contributed by atoms with Gasteiger partial charge in [0.25, 0.3) is 0 Å². The second-order valence-electron chi connectivity index (χ2n) is 18.1. The first-order valence-corrected chi connectivity index (χ1v) is 26.0. The highest BCUT2D eigenvalue weighted by molar-refractivity contribution is 7.47. The first kappa shape index (κ1) is 56.8. The molecule has 0 saturated carbocycles. The monoisotopic (exact) mass is 918 g/mol. The number of hydrogen-bond donors (Lipinski definition) is 3. The average molecular weight is 918 g/mol. The Labute approximate surface area is 378 Å². The number of nitrogens with zero attached hydrogens (tertiary/aromatic N) is 3. The van der Waals surface area contributed by atoms with Crippen LogP contribution >= 0.6 is 7.82 Å². The number of rotatable bonds is 41. The third-order valence-corrected chi connectivity index (χ3v) is 12.8. The van der Waals surface area contributed by atoms with Crippen molar-refractivity contribution in [1.29, 1.82) is 0 Å². The van der Waals surface area contributed by atoms with Gasteiger partial charge in [0.1, 0.15) is 32.1 Å². The van der Waals surface area contributed by atoms with Gasteiger partial charge in [0.2, 0.25) is 5.91 Å². The van der Waals surface area contributed by atoms with E-state index in [0.717, 1.165) is 44.9 Å². The molecule has 11 nitrogen and oxygen atoms in total. The van der Waals surface area contributed by atoms with Gasteiger partial charge in [-0.25, -0.2) is 4.57 Å².